The largest absolute Gasteiger partial charge is 0.103 e. The molecule has 0 aromatic rings. The molecule has 0 amide bonds. The lowest BCUT2D eigenvalue weighted by atomic mass is 10.0. The van der Waals surface area contributed by atoms with Crippen molar-refractivity contribution in [1.82, 2.24) is 0 Å². The minimum absolute atomic E-state index is 0.747. The van der Waals surface area contributed by atoms with Gasteiger partial charge in [0, 0.05) is 5.92 Å². The summed E-state index contributed by atoms with van der Waals surface area (Å²) < 4.78 is 0. The molecule has 0 aromatic carbocycles. The second-order valence-corrected chi connectivity index (χ2v) is 5.03. The number of hydrogen-bond acceptors (Lipinski definition) is 0. The molecule has 1 saturated heterocycles. The normalized spacial score (nSPS) is 38.8. The van der Waals surface area contributed by atoms with E-state index in [1.165, 1.54) is 19.0 Å². The zero-order valence-corrected chi connectivity index (χ0v) is 7.29. The van der Waals surface area contributed by atoms with Gasteiger partial charge in [0.1, 0.15) is 0 Å². The van der Waals surface area contributed by atoms with E-state index in [1.54, 1.807) is 0 Å². The van der Waals surface area contributed by atoms with Crippen LogP contribution in [0.25, 0.3) is 0 Å². The predicted octanol–water partition coefficient (Wildman–Crippen LogP) is 2.38. The molecule has 1 heterocycles. The highest BCUT2D eigenvalue weighted by molar-refractivity contribution is 7.38. The summed E-state index contributed by atoms with van der Waals surface area (Å²) in [6.07, 6.45) is 6.52. The Balaban J connectivity index is 2.38. The van der Waals surface area contributed by atoms with Crippen molar-refractivity contribution in [2.75, 3.05) is 6.16 Å². The van der Waals surface area contributed by atoms with E-state index in [9.17, 15) is 0 Å². The third-order valence-electron chi connectivity index (χ3n) is 2.26. The molecule has 0 saturated carbocycles. The average Bonchev–Trinajstić information content (AvgIpc) is 1.89. The molecule has 0 N–H and O–H groups in total. The Kier molecular flexibility index (Phi) is 2.72. The van der Waals surface area contributed by atoms with Gasteiger partial charge < -0.3 is 0 Å². The Morgan fingerprint density at radius 1 is 1.67 bits per heavy atom. The van der Waals surface area contributed by atoms with E-state index in [2.05, 4.69) is 19.6 Å². The zero-order chi connectivity index (χ0) is 6.69. The highest BCUT2D eigenvalue weighted by Crippen LogP contribution is 2.35. The topological polar surface area (TPSA) is 0 Å². The fraction of sp³-hybridized carbons (Fsp3) is 0.750. The second kappa shape index (κ2) is 3.37. The van der Waals surface area contributed by atoms with Crippen molar-refractivity contribution in [3.63, 3.8) is 0 Å². The van der Waals surface area contributed by atoms with E-state index in [-0.39, 0.29) is 0 Å². The first-order valence-electron chi connectivity index (χ1n) is 3.80. The Morgan fingerprint density at radius 2 is 2.44 bits per heavy atom. The van der Waals surface area contributed by atoms with Crippen LogP contribution < -0.4 is 0 Å². The van der Waals surface area contributed by atoms with Gasteiger partial charge in [0.25, 0.3) is 0 Å². The third-order valence-corrected chi connectivity index (χ3v) is 4.24. The molecule has 0 aliphatic carbocycles. The Labute approximate surface area is 59.5 Å². The fourth-order valence-corrected chi connectivity index (χ4v) is 3.20. The Bertz CT molecular complexity index is 98.7. The predicted molar refractivity (Wildman–Crippen MR) is 47.0 cm³/mol. The van der Waals surface area contributed by atoms with Gasteiger partial charge in [0.15, 0.2) is 0 Å². The average molecular weight is 143 g/mol. The van der Waals surface area contributed by atoms with Crippen LogP contribution in [0.1, 0.15) is 19.8 Å². The summed E-state index contributed by atoms with van der Waals surface area (Å²) in [5.41, 5.74) is 0.983. The summed E-state index contributed by atoms with van der Waals surface area (Å²) in [6.45, 7) is 6.22. The van der Waals surface area contributed by atoms with Gasteiger partial charge in [-0.2, -0.15) is 0 Å². The molecular weight excluding hydrogens is 127 g/mol. The first kappa shape index (κ1) is 7.28. The van der Waals surface area contributed by atoms with Crippen LogP contribution in [0.15, 0.2) is 12.7 Å². The summed E-state index contributed by atoms with van der Waals surface area (Å²) in [5, 5.41) is 0. The number of hydrogen-bond donors (Lipinski definition) is 0. The second-order valence-electron chi connectivity index (χ2n) is 2.93. The molecule has 0 nitrogen and oxygen atoms in total. The molecule has 1 fully saturated rings. The van der Waals surface area contributed by atoms with Gasteiger partial charge >= 0.3 is 0 Å². The molecule has 1 aliphatic heterocycles. The van der Waals surface area contributed by atoms with E-state index in [0.29, 0.717) is 0 Å². The molecule has 0 radical (unpaired) electrons. The van der Waals surface area contributed by atoms with Crippen molar-refractivity contribution >= 4 is 8.58 Å². The quantitative estimate of drug-likeness (QED) is 0.390. The lowest BCUT2D eigenvalue weighted by molar-refractivity contribution is 0.555. The van der Waals surface area contributed by atoms with E-state index >= 15 is 0 Å². The van der Waals surface area contributed by atoms with Crippen LogP contribution in [0.3, 0.4) is 0 Å². The molecule has 3 unspecified atom stereocenters. The molecule has 0 bridgehead atoms. The fourth-order valence-electron chi connectivity index (χ4n) is 1.50. The van der Waals surface area contributed by atoms with Crippen LogP contribution >= 0.6 is 8.58 Å². The minimum atomic E-state index is 0.747. The molecule has 3 atom stereocenters. The molecule has 52 valence electrons. The maximum Gasteiger partial charge on any atom is 0.0686 e. The van der Waals surface area contributed by atoms with Gasteiger partial charge in [-0.3, -0.25) is 0 Å². The van der Waals surface area contributed by atoms with Gasteiger partial charge in [-0.25, -0.2) is 0 Å². The number of allylic oxidation sites excluding steroid dienone is 1. The standard InChI is InChI=1S/C8H15P/c1-3-8-5-4-6-9-7(8)2/h3,7-9H,1,4-6H2,2H3/p+1. The molecule has 1 rings (SSSR count). The van der Waals surface area contributed by atoms with Gasteiger partial charge in [0.2, 0.25) is 0 Å². The molecular formula is C8H16P+. The lowest BCUT2D eigenvalue weighted by Gasteiger charge is -2.20. The first-order valence-corrected chi connectivity index (χ1v) is 5.29. The summed E-state index contributed by atoms with van der Waals surface area (Å²) in [5.74, 6) is 0.855. The van der Waals surface area contributed by atoms with E-state index in [0.717, 1.165) is 20.2 Å². The molecule has 1 aliphatic rings. The van der Waals surface area contributed by atoms with E-state index in [4.69, 9.17) is 0 Å². The van der Waals surface area contributed by atoms with E-state index < -0.39 is 0 Å². The van der Waals surface area contributed by atoms with Crippen LogP contribution in [0.2, 0.25) is 0 Å². The van der Waals surface area contributed by atoms with Crippen molar-refractivity contribution in [3.8, 4) is 0 Å². The highest BCUT2D eigenvalue weighted by Gasteiger charge is 2.22. The van der Waals surface area contributed by atoms with Crippen molar-refractivity contribution in [2.45, 2.75) is 25.4 Å². The van der Waals surface area contributed by atoms with Crippen LogP contribution in [-0.2, 0) is 0 Å². The van der Waals surface area contributed by atoms with Crippen molar-refractivity contribution < 1.29 is 0 Å². The van der Waals surface area contributed by atoms with Crippen LogP contribution in [0, 0.1) is 5.92 Å². The Hall–Kier alpha value is 0.170. The number of rotatable bonds is 1. The summed E-state index contributed by atoms with van der Waals surface area (Å²) in [7, 11) is 0.747. The molecule has 1 heteroatoms. The highest BCUT2D eigenvalue weighted by atomic mass is 31.1. The van der Waals surface area contributed by atoms with E-state index in [1.807, 2.05) is 0 Å². The van der Waals surface area contributed by atoms with Gasteiger partial charge in [-0.05, 0) is 28.3 Å². The van der Waals surface area contributed by atoms with Crippen molar-refractivity contribution in [1.29, 1.82) is 0 Å². The Morgan fingerprint density at radius 3 is 2.89 bits per heavy atom. The molecule has 0 spiro atoms. The summed E-state index contributed by atoms with van der Waals surface area (Å²) in [6, 6.07) is 0. The lowest BCUT2D eigenvalue weighted by Crippen LogP contribution is -2.15. The van der Waals surface area contributed by atoms with Crippen LogP contribution in [0.4, 0.5) is 0 Å². The van der Waals surface area contributed by atoms with Gasteiger partial charge in [-0.1, -0.05) is 6.08 Å². The van der Waals surface area contributed by atoms with Crippen molar-refractivity contribution in [3.05, 3.63) is 12.7 Å². The van der Waals surface area contributed by atoms with Gasteiger partial charge in [0.05, 0.1) is 11.8 Å². The van der Waals surface area contributed by atoms with Crippen LogP contribution in [-0.4, -0.2) is 11.8 Å². The third kappa shape index (κ3) is 1.79. The zero-order valence-electron chi connectivity index (χ0n) is 6.14. The summed E-state index contributed by atoms with van der Waals surface area (Å²) in [4.78, 5) is 0. The van der Waals surface area contributed by atoms with Crippen molar-refractivity contribution in [2.24, 2.45) is 5.92 Å². The SMILES string of the molecule is C=CC1CCC[PH2+]C1C. The minimum Gasteiger partial charge on any atom is -0.103 e. The smallest absolute Gasteiger partial charge is 0.0686 e. The maximum atomic E-state index is 3.85. The molecule has 9 heavy (non-hydrogen) atoms. The first-order chi connectivity index (χ1) is 4.34. The van der Waals surface area contributed by atoms with Crippen LogP contribution in [0.5, 0.6) is 0 Å². The maximum absolute atomic E-state index is 3.85. The summed E-state index contributed by atoms with van der Waals surface area (Å²) >= 11 is 0. The van der Waals surface area contributed by atoms with Gasteiger partial charge in [-0.15, -0.1) is 6.58 Å². The monoisotopic (exact) mass is 143 g/mol. The molecule has 0 aromatic heterocycles.